The van der Waals surface area contributed by atoms with Crippen molar-refractivity contribution in [1.82, 2.24) is 5.32 Å². The molecule has 9 N–H and O–H groups in total. The van der Waals surface area contributed by atoms with Gasteiger partial charge in [0.05, 0.1) is 0 Å². The molecule has 3 rings (SSSR count). The summed E-state index contributed by atoms with van der Waals surface area (Å²) in [5.41, 5.74) is 0.554. The third kappa shape index (κ3) is 5.86. The summed E-state index contributed by atoms with van der Waals surface area (Å²) < 4.78 is 20.6. The molecule has 0 radical (unpaired) electrons. The number of phenolic OH excluding ortho intramolecular Hbond substituents is 2. The number of nitrogens with one attached hydrogen (secondary N) is 1. The summed E-state index contributed by atoms with van der Waals surface area (Å²) in [7, 11) is 1.09. The van der Waals surface area contributed by atoms with E-state index in [0.29, 0.717) is 5.56 Å². The lowest BCUT2D eigenvalue weighted by atomic mass is 9.96. The van der Waals surface area contributed by atoms with E-state index in [-0.39, 0.29) is 24.5 Å². The van der Waals surface area contributed by atoms with Crippen molar-refractivity contribution in [2.45, 2.75) is 67.8 Å². The topological polar surface area (TPSA) is 245 Å². The smallest absolute Gasteiger partial charge is 0.335 e. The normalized spacial score (nSPS) is 36.8. The van der Waals surface area contributed by atoms with E-state index in [2.05, 4.69) is 5.32 Å². The van der Waals surface area contributed by atoms with Crippen molar-refractivity contribution in [2.75, 3.05) is 13.7 Å². The number of aliphatic carboxylic acids is 1. The molecule has 0 bridgehead atoms. The van der Waals surface area contributed by atoms with Gasteiger partial charge >= 0.3 is 5.97 Å². The largest absolute Gasteiger partial charge is 0.504 e. The zero-order valence-corrected chi connectivity index (χ0v) is 18.9. The number of aromatic hydroxyl groups is 2. The van der Waals surface area contributed by atoms with Gasteiger partial charge in [0.1, 0.15) is 36.6 Å². The van der Waals surface area contributed by atoms with E-state index in [1.807, 2.05) is 0 Å². The first kappa shape index (κ1) is 28.0. The van der Waals surface area contributed by atoms with Crippen molar-refractivity contribution in [3.63, 3.8) is 0 Å². The van der Waals surface area contributed by atoms with Gasteiger partial charge in [0.2, 0.25) is 0 Å². The third-order valence-corrected chi connectivity index (χ3v) is 5.93. The number of benzene rings is 1. The lowest BCUT2D eigenvalue weighted by Crippen LogP contribution is -2.66. The summed E-state index contributed by atoms with van der Waals surface area (Å²) in [5, 5.41) is 81.7. The highest BCUT2D eigenvalue weighted by atomic mass is 16.7. The van der Waals surface area contributed by atoms with Crippen LogP contribution >= 0.6 is 0 Å². The van der Waals surface area contributed by atoms with Crippen LogP contribution in [-0.4, -0.2) is 128 Å². The summed E-state index contributed by atoms with van der Waals surface area (Å²) in [5.74, 6) is -3.14. The van der Waals surface area contributed by atoms with Crippen LogP contribution in [-0.2, 0) is 35.0 Å². The highest BCUT2D eigenvalue weighted by Crippen LogP contribution is 2.30. The van der Waals surface area contributed by atoms with Crippen molar-refractivity contribution in [3.05, 3.63) is 23.8 Å². The van der Waals surface area contributed by atoms with Crippen LogP contribution in [0.4, 0.5) is 0 Å². The number of hydrogen-bond acceptors (Lipinski definition) is 13. The molecule has 36 heavy (non-hydrogen) atoms. The standard InChI is InChI=1S/C21H29NO14/c1-33-14-11(26)13(28)21(36-17(14)19(30)31)35-15-10(25)12(27)20(32)34-16(15)18(29)22-5-4-7-2-3-8(23)9(24)6-7/h2-3,6,10-17,20-21,23-28,32H,4-5H2,1H3,(H,22,29)(H,30,31)/t10?,11?,12?,13?,14?,15?,16-,17?,20-,21?/m1/s1. The number of methoxy groups -OCH3 is 1. The Morgan fingerprint density at radius 1 is 0.917 bits per heavy atom. The number of carbonyl (C=O) groups is 2. The molecule has 2 aliphatic heterocycles. The number of hydrogen-bond donors (Lipinski definition) is 9. The van der Waals surface area contributed by atoms with E-state index >= 15 is 0 Å². The van der Waals surface area contributed by atoms with Crippen LogP contribution < -0.4 is 5.32 Å². The third-order valence-electron chi connectivity index (χ3n) is 5.93. The van der Waals surface area contributed by atoms with Crippen LogP contribution in [0.15, 0.2) is 18.2 Å². The molecule has 1 aromatic rings. The van der Waals surface area contributed by atoms with Crippen molar-refractivity contribution < 1.29 is 69.4 Å². The summed E-state index contributed by atoms with van der Waals surface area (Å²) in [4.78, 5) is 24.3. The van der Waals surface area contributed by atoms with E-state index in [4.69, 9.17) is 18.9 Å². The maximum atomic E-state index is 12.8. The predicted octanol–water partition coefficient (Wildman–Crippen LogP) is -3.87. The van der Waals surface area contributed by atoms with Crippen molar-refractivity contribution >= 4 is 11.9 Å². The van der Waals surface area contributed by atoms with Crippen LogP contribution in [0.25, 0.3) is 0 Å². The summed E-state index contributed by atoms with van der Waals surface area (Å²) in [6, 6.07) is 4.05. The number of amides is 1. The summed E-state index contributed by atoms with van der Waals surface area (Å²) in [6.45, 7) is -0.0255. The van der Waals surface area contributed by atoms with Crippen molar-refractivity contribution in [3.8, 4) is 11.5 Å². The molecule has 0 aromatic heterocycles. The molecule has 2 fully saturated rings. The van der Waals surface area contributed by atoms with Gasteiger partial charge in [-0.15, -0.1) is 0 Å². The number of aliphatic hydroxyl groups excluding tert-OH is 5. The maximum absolute atomic E-state index is 12.8. The highest BCUT2D eigenvalue weighted by molar-refractivity contribution is 5.81. The van der Waals surface area contributed by atoms with E-state index in [1.165, 1.54) is 18.2 Å². The second-order valence-electron chi connectivity index (χ2n) is 8.34. The number of phenols is 2. The Morgan fingerprint density at radius 3 is 2.19 bits per heavy atom. The van der Waals surface area contributed by atoms with Gasteiger partial charge in [-0.1, -0.05) is 6.07 Å². The Labute approximate surface area is 204 Å². The van der Waals surface area contributed by atoms with Gasteiger partial charge in [-0.05, 0) is 24.1 Å². The van der Waals surface area contributed by atoms with Crippen LogP contribution in [0.1, 0.15) is 5.56 Å². The lowest BCUT2D eigenvalue weighted by Gasteiger charge is -2.45. The molecule has 15 heteroatoms. The monoisotopic (exact) mass is 519 g/mol. The first-order chi connectivity index (χ1) is 17.0. The molecule has 2 saturated heterocycles. The SMILES string of the molecule is COC1C(C(=O)O)OC(OC2C(O)C(O)[C@H](O)O[C@H]2C(=O)NCCc2ccc(O)c(O)c2)C(O)C1O. The van der Waals surface area contributed by atoms with Crippen LogP contribution in [0.5, 0.6) is 11.5 Å². The molecule has 2 heterocycles. The second-order valence-corrected chi connectivity index (χ2v) is 8.34. The average molecular weight is 519 g/mol. The Bertz CT molecular complexity index is 930. The Kier molecular flexibility index (Phi) is 9.04. The first-order valence-electron chi connectivity index (χ1n) is 10.9. The van der Waals surface area contributed by atoms with Crippen molar-refractivity contribution in [1.29, 1.82) is 0 Å². The van der Waals surface area contributed by atoms with Gasteiger partial charge in [0, 0.05) is 13.7 Å². The number of carboxylic acids is 1. The maximum Gasteiger partial charge on any atom is 0.335 e. The van der Waals surface area contributed by atoms with Crippen LogP contribution in [0.3, 0.4) is 0 Å². The highest BCUT2D eigenvalue weighted by Gasteiger charge is 2.53. The molecule has 0 saturated carbocycles. The lowest BCUT2D eigenvalue weighted by molar-refractivity contribution is -0.346. The van der Waals surface area contributed by atoms with Crippen LogP contribution in [0, 0.1) is 0 Å². The van der Waals surface area contributed by atoms with Crippen LogP contribution in [0.2, 0.25) is 0 Å². The average Bonchev–Trinajstić information content (AvgIpc) is 2.83. The summed E-state index contributed by atoms with van der Waals surface area (Å²) >= 11 is 0. The summed E-state index contributed by atoms with van der Waals surface area (Å²) in [6.07, 6.45) is -18.0. The Morgan fingerprint density at radius 2 is 1.58 bits per heavy atom. The van der Waals surface area contributed by atoms with Crippen molar-refractivity contribution in [2.24, 2.45) is 0 Å². The Balaban J connectivity index is 1.72. The minimum absolute atomic E-state index is 0.0255. The molecule has 10 atom stereocenters. The molecule has 202 valence electrons. The van der Waals surface area contributed by atoms with Gasteiger partial charge in [0.25, 0.3) is 5.91 Å². The first-order valence-corrected chi connectivity index (χ1v) is 10.9. The predicted molar refractivity (Wildman–Crippen MR) is 113 cm³/mol. The molecular weight excluding hydrogens is 490 g/mol. The number of carbonyl (C=O) groups excluding carboxylic acids is 1. The number of rotatable bonds is 8. The van der Waals surface area contributed by atoms with E-state index in [1.54, 1.807) is 0 Å². The van der Waals surface area contributed by atoms with Gasteiger partial charge in [0.15, 0.2) is 36.3 Å². The second kappa shape index (κ2) is 11.6. The van der Waals surface area contributed by atoms with Gasteiger partial charge in [-0.2, -0.15) is 0 Å². The molecule has 2 aliphatic rings. The zero-order valence-electron chi connectivity index (χ0n) is 18.9. The molecule has 8 unspecified atom stereocenters. The Hall–Kier alpha value is -2.60. The molecular formula is C21H29NO14. The fraction of sp³-hybridized carbons (Fsp3) is 0.619. The molecule has 0 spiro atoms. The van der Waals surface area contributed by atoms with Gasteiger partial charge < -0.3 is 65.1 Å². The molecule has 15 nitrogen and oxygen atoms in total. The number of aliphatic hydroxyl groups is 5. The molecule has 1 aromatic carbocycles. The number of carboxylic acid groups (broad SMARTS) is 1. The van der Waals surface area contributed by atoms with E-state index in [0.717, 1.165) is 7.11 Å². The number of ether oxygens (including phenoxy) is 4. The van der Waals surface area contributed by atoms with E-state index < -0.39 is 73.3 Å². The quantitative estimate of drug-likeness (QED) is 0.149. The fourth-order valence-electron chi connectivity index (χ4n) is 3.93. The van der Waals surface area contributed by atoms with Gasteiger partial charge in [-0.25, -0.2) is 4.79 Å². The minimum Gasteiger partial charge on any atom is -0.504 e. The zero-order chi connectivity index (χ0) is 26.7. The molecule has 1 amide bonds. The fourth-order valence-corrected chi connectivity index (χ4v) is 3.93. The van der Waals surface area contributed by atoms with E-state index in [9.17, 15) is 50.4 Å². The van der Waals surface area contributed by atoms with Gasteiger partial charge in [-0.3, -0.25) is 4.79 Å². The molecule has 0 aliphatic carbocycles. The minimum atomic E-state index is -1.99.